The number of rotatable bonds is 4. The number of carboxylic acid groups (broad SMARTS) is 1. The maximum Gasteiger partial charge on any atom is 0.490 e. The summed E-state index contributed by atoms with van der Waals surface area (Å²) in [6, 6.07) is 11.3. The Bertz CT molecular complexity index is 1330. The summed E-state index contributed by atoms with van der Waals surface area (Å²) in [5.41, 5.74) is 3.36. The minimum Gasteiger partial charge on any atom is -0.486 e. The van der Waals surface area contributed by atoms with Gasteiger partial charge in [-0.05, 0) is 36.4 Å². The summed E-state index contributed by atoms with van der Waals surface area (Å²) < 4.78 is 42.9. The van der Waals surface area contributed by atoms with E-state index >= 15 is 0 Å². The largest absolute Gasteiger partial charge is 0.490 e. The van der Waals surface area contributed by atoms with Crippen molar-refractivity contribution in [3.8, 4) is 5.75 Å². The van der Waals surface area contributed by atoms with Gasteiger partial charge in [-0.2, -0.15) is 13.2 Å². The van der Waals surface area contributed by atoms with Crippen molar-refractivity contribution in [3.63, 3.8) is 0 Å². The Morgan fingerprint density at radius 3 is 2.74 bits per heavy atom. The molecule has 35 heavy (non-hydrogen) atoms. The summed E-state index contributed by atoms with van der Waals surface area (Å²) in [7, 11) is 0. The van der Waals surface area contributed by atoms with Crippen molar-refractivity contribution >= 4 is 22.8 Å². The molecule has 3 aromatic heterocycles. The van der Waals surface area contributed by atoms with E-state index in [9.17, 15) is 18.0 Å². The molecule has 0 radical (unpaired) electrons. The third-order valence-corrected chi connectivity index (χ3v) is 5.25. The Morgan fingerprint density at radius 2 is 2.03 bits per heavy atom. The smallest absolute Gasteiger partial charge is 0.486 e. The number of carbonyl (C=O) groups excluding carboxylic acids is 1. The van der Waals surface area contributed by atoms with Crippen LogP contribution in [-0.4, -0.2) is 49.7 Å². The first-order valence-corrected chi connectivity index (χ1v) is 10.4. The second-order valence-corrected chi connectivity index (χ2v) is 7.57. The van der Waals surface area contributed by atoms with E-state index in [1.54, 1.807) is 12.4 Å². The normalized spacial score (nSPS) is 13.1. The van der Waals surface area contributed by atoms with Crippen LogP contribution >= 0.6 is 0 Å². The van der Waals surface area contributed by atoms with Gasteiger partial charge in [-0.1, -0.05) is 5.16 Å². The van der Waals surface area contributed by atoms with Crippen LogP contribution in [0.15, 0.2) is 59.5 Å². The van der Waals surface area contributed by atoms with Crippen molar-refractivity contribution in [2.75, 3.05) is 6.54 Å². The standard InChI is InChI=1S/C21H18N4O3.C2HF3O2/c26-21(15-3-4-18-14(10-15)5-8-23-18)25-9-6-20-17(12-25)19(24-28-20)13-27-16-2-1-7-22-11-16;3-2(4,5)1(6)7/h1-5,7-8,10-11,23H,6,9,12-13H2;(H,6,7). The molecule has 5 rings (SSSR count). The Hall–Kier alpha value is -4.35. The van der Waals surface area contributed by atoms with Crippen LogP contribution in [0, 0.1) is 0 Å². The molecule has 1 amide bonds. The van der Waals surface area contributed by atoms with Crippen LogP contribution in [0.1, 0.15) is 27.4 Å². The zero-order chi connectivity index (χ0) is 25.0. The van der Waals surface area contributed by atoms with E-state index in [-0.39, 0.29) is 12.5 Å². The molecule has 0 unspecified atom stereocenters. The van der Waals surface area contributed by atoms with E-state index in [2.05, 4.69) is 15.1 Å². The van der Waals surface area contributed by atoms with Crippen molar-refractivity contribution in [1.29, 1.82) is 0 Å². The number of amides is 1. The number of pyridine rings is 1. The Labute approximate surface area is 196 Å². The number of hydrogen-bond donors (Lipinski definition) is 2. The summed E-state index contributed by atoms with van der Waals surface area (Å²) in [6.45, 7) is 1.35. The van der Waals surface area contributed by atoms with E-state index in [0.29, 0.717) is 30.8 Å². The molecular weight excluding hydrogens is 469 g/mol. The third-order valence-electron chi connectivity index (χ3n) is 5.25. The van der Waals surface area contributed by atoms with Crippen molar-refractivity contribution in [1.82, 2.24) is 20.0 Å². The first-order chi connectivity index (χ1) is 16.7. The van der Waals surface area contributed by atoms with Gasteiger partial charge in [0.15, 0.2) is 0 Å². The van der Waals surface area contributed by atoms with Gasteiger partial charge in [-0.3, -0.25) is 9.78 Å². The lowest BCUT2D eigenvalue weighted by Gasteiger charge is -2.26. The van der Waals surface area contributed by atoms with Gasteiger partial charge < -0.3 is 24.3 Å². The number of ether oxygens (including phenoxy) is 1. The number of nitrogens with one attached hydrogen (secondary N) is 1. The molecule has 0 spiro atoms. The Kier molecular flexibility index (Phi) is 6.71. The number of aliphatic carboxylic acids is 1. The molecule has 2 N–H and O–H groups in total. The van der Waals surface area contributed by atoms with Gasteiger partial charge in [0.2, 0.25) is 0 Å². The Balaban J connectivity index is 0.000000364. The lowest BCUT2D eigenvalue weighted by atomic mass is 10.0. The van der Waals surface area contributed by atoms with Gasteiger partial charge in [0.1, 0.15) is 23.8 Å². The van der Waals surface area contributed by atoms with Gasteiger partial charge in [-0.15, -0.1) is 0 Å². The zero-order valence-electron chi connectivity index (χ0n) is 18.1. The highest BCUT2D eigenvalue weighted by atomic mass is 19.4. The van der Waals surface area contributed by atoms with Gasteiger partial charge >= 0.3 is 12.1 Å². The van der Waals surface area contributed by atoms with Crippen LogP contribution in [-0.2, 0) is 24.4 Å². The number of aromatic amines is 1. The number of nitrogens with zero attached hydrogens (tertiary/aromatic N) is 3. The summed E-state index contributed by atoms with van der Waals surface area (Å²) in [4.78, 5) is 30.9. The van der Waals surface area contributed by atoms with Crippen LogP contribution in [0.25, 0.3) is 10.9 Å². The van der Waals surface area contributed by atoms with Crippen LogP contribution in [0.4, 0.5) is 13.2 Å². The fourth-order valence-electron chi connectivity index (χ4n) is 3.50. The molecular formula is C23H19F3N4O5. The molecule has 0 fully saturated rings. The lowest BCUT2D eigenvalue weighted by molar-refractivity contribution is -0.192. The highest BCUT2D eigenvalue weighted by Crippen LogP contribution is 2.25. The summed E-state index contributed by atoms with van der Waals surface area (Å²) in [6.07, 6.45) is 0.782. The number of carbonyl (C=O) groups is 2. The van der Waals surface area contributed by atoms with E-state index in [1.807, 2.05) is 47.5 Å². The van der Waals surface area contributed by atoms with Gasteiger partial charge in [-0.25, -0.2) is 4.79 Å². The summed E-state index contributed by atoms with van der Waals surface area (Å²) in [5.74, 6) is -1.25. The second kappa shape index (κ2) is 9.87. The van der Waals surface area contributed by atoms with Crippen LogP contribution in [0.5, 0.6) is 5.75 Å². The average Bonchev–Trinajstić information content (AvgIpc) is 3.48. The number of benzene rings is 1. The summed E-state index contributed by atoms with van der Waals surface area (Å²) in [5, 5.41) is 12.3. The molecule has 0 atom stereocenters. The van der Waals surface area contributed by atoms with Gasteiger partial charge in [0.05, 0.1) is 12.7 Å². The molecule has 0 saturated heterocycles. The maximum absolute atomic E-state index is 13.0. The maximum atomic E-state index is 13.0. The molecule has 0 bridgehead atoms. The fourth-order valence-corrected chi connectivity index (χ4v) is 3.50. The minimum atomic E-state index is -5.08. The minimum absolute atomic E-state index is 0.00841. The molecule has 1 aliphatic heterocycles. The second-order valence-electron chi connectivity index (χ2n) is 7.57. The van der Waals surface area contributed by atoms with E-state index < -0.39 is 12.1 Å². The van der Waals surface area contributed by atoms with Crippen LogP contribution in [0.2, 0.25) is 0 Å². The number of H-pyrrole nitrogens is 1. The molecule has 12 heteroatoms. The molecule has 4 heterocycles. The molecule has 4 aromatic rings. The third kappa shape index (κ3) is 5.60. The monoisotopic (exact) mass is 488 g/mol. The topological polar surface area (TPSA) is 122 Å². The lowest BCUT2D eigenvalue weighted by Crippen LogP contribution is -2.36. The quantitative estimate of drug-likeness (QED) is 0.446. The average molecular weight is 488 g/mol. The van der Waals surface area contributed by atoms with Gasteiger partial charge in [0.25, 0.3) is 5.91 Å². The zero-order valence-corrected chi connectivity index (χ0v) is 18.1. The number of hydrogen-bond acceptors (Lipinski definition) is 6. The molecule has 9 nitrogen and oxygen atoms in total. The first kappa shape index (κ1) is 23.8. The Morgan fingerprint density at radius 1 is 1.23 bits per heavy atom. The van der Waals surface area contributed by atoms with E-state index in [1.165, 1.54) is 0 Å². The number of alkyl halides is 3. The van der Waals surface area contributed by atoms with Gasteiger partial charge in [0, 0.05) is 47.4 Å². The first-order valence-electron chi connectivity index (χ1n) is 10.4. The molecule has 182 valence electrons. The fraction of sp³-hybridized carbons (Fsp3) is 0.217. The summed E-state index contributed by atoms with van der Waals surface area (Å²) >= 11 is 0. The molecule has 1 aromatic carbocycles. The van der Waals surface area contributed by atoms with E-state index in [4.69, 9.17) is 19.2 Å². The van der Waals surface area contributed by atoms with Crippen LogP contribution < -0.4 is 4.74 Å². The van der Waals surface area contributed by atoms with Crippen molar-refractivity contribution in [2.24, 2.45) is 0 Å². The molecule has 0 saturated carbocycles. The highest BCUT2D eigenvalue weighted by molar-refractivity contribution is 5.98. The number of aromatic nitrogens is 3. The van der Waals surface area contributed by atoms with Crippen molar-refractivity contribution in [2.45, 2.75) is 25.7 Å². The molecule has 1 aliphatic rings. The number of carboxylic acids is 1. The van der Waals surface area contributed by atoms with Crippen LogP contribution in [0.3, 0.4) is 0 Å². The predicted molar refractivity (Wildman–Crippen MR) is 116 cm³/mol. The number of halogens is 3. The predicted octanol–water partition coefficient (Wildman–Crippen LogP) is 3.96. The molecule has 0 aliphatic carbocycles. The van der Waals surface area contributed by atoms with Crippen molar-refractivity contribution in [3.05, 3.63) is 77.6 Å². The number of fused-ring (bicyclic) bond motifs is 2. The SMILES string of the molecule is O=C(O)C(F)(F)F.O=C(c1ccc2[nH]ccc2c1)N1CCc2onc(COc3cccnc3)c2C1. The van der Waals surface area contributed by atoms with Crippen molar-refractivity contribution < 1.29 is 37.1 Å². The van der Waals surface area contributed by atoms with E-state index in [0.717, 1.165) is 27.9 Å². The highest BCUT2D eigenvalue weighted by Gasteiger charge is 2.38.